The van der Waals surface area contributed by atoms with Gasteiger partial charge >= 0.3 is 0 Å². The molecule has 4 N–H and O–H groups in total. The number of carbonyl (C=O) groups is 1. The van der Waals surface area contributed by atoms with Gasteiger partial charge in [-0.3, -0.25) is 4.79 Å². The van der Waals surface area contributed by atoms with Gasteiger partial charge < -0.3 is 21.1 Å². The number of morpholine rings is 1. The van der Waals surface area contributed by atoms with Crippen molar-refractivity contribution in [3.63, 3.8) is 0 Å². The van der Waals surface area contributed by atoms with Gasteiger partial charge in [-0.1, -0.05) is 44.5 Å². The minimum Gasteiger partial charge on any atom is -0.403 e. The van der Waals surface area contributed by atoms with Gasteiger partial charge in [-0.25, -0.2) is 0 Å². The van der Waals surface area contributed by atoms with E-state index in [-0.39, 0.29) is 22.7 Å². The van der Waals surface area contributed by atoms with Crippen LogP contribution in [-0.2, 0) is 9.53 Å². The molecule has 160 valence electrons. The van der Waals surface area contributed by atoms with Gasteiger partial charge in [-0.05, 0) is 36.5 Å². The summed E-state index contributed by atoms with van der Waals surface area (Å²) in [6, 6.07) is 7.79. The predicted molar refractivity (Wildman–Crippen MR) is 121 cm³/mol. The highest BCUT2D eigenvalue weighted by atomic mass is 35.5. The zero-order valence-corrected chi connectivity index (χ0v) is 19.0. The summed E-state index contributed by atoms with van der Waals surface area (Å²) in [6.45, 7) is 7.10. The molecule has 0 aromatic heterocycles. The molecule has 1 saturated carbocycles. The van der Waals surface area contributed by atoms with Crippen LogP contribution in [0.25, 0.3) is 0 Å². The summed E-state index contributed by atoms with van der Waals surface area (Å²) < 4.78 is 6.12. The molecule has 1 amide bonds. The van der Waals surface area contributed by atoms with Gasteiger partial charge in [-0.2, -0.15) is 11.8 Å². The second-order valence-electron chi connectivity index (χ2n) is 8.91. The number of carbonyl (C=O) groups excluding carboxylic acids is 1. The quantitative estimate of drug-likeness (QED) is 0.671. The van der Waals surface area contributed by atoms with Gasteiger partial charge in [0.15, 0.2) is 0 Å². The van der Waals surface area contributed by atoms with Crippen molar-refractivity contribution >= 4 is 29.3 Å². The number of nitrogens with two attached hydrogens (primary N) is 2. The van der Waals surface area contributed by atoms with Crippen LogP contribution >= 0.6 is 23.4 Å². The predicted octanol–water partition coefficient (Wildman–Crippen LogP) is 4.07. The standard InChI is InChI=1S/C22H32ClN3O2S/c1-22(2,3)29-13-19(15-4-5-15)26-18(14-6-8-16(23)9-7-14)12-28-20(21(26)27)10-17(25)11-24/h6-9,11,15,18-20H,4-5,10,12-13,24-25H2,1-3H3/b17-11-. The highest BCUT2D eigenvalue weighted by molar-refractivity contribution is 8.00. The molecule has 29 heavy (non-hydrogen) atoms. The van der Waals surface area contributed by atoms with Crippen LogP contribution < -0.4 is 11.5 Å². The Morgan fingerprint density at radius 1 is 1.34 bits per heavy atom. The molecule has 1 heterocycles. The summed E-state index contributed by atoms with van der Waals surface area (Å²) in [5.74, 6) is 1.47. The smallest absolute Gasteiger partial charge is 0.252 e. The first kappa shape index (κ1) is 22.3. The maximum Gasteiger partial charge on any atom is 0.252 e. The highest BCUT2D eigenvalue weighted by Crippen LogP contribution is 2.43. The average molecular weight is 438 g/mol. The van der Waals surface area contributed by atoms with Crippen molar-refractivity contribution in [3.05, 3.63) is 46.7 Å². The van der Waals surface area contributed by atoms with E-state index in [1.54, 1.807) is 0 Å². The Morgan fingerprint density at radius 2 is 2.00 bits per heavy atom. The van der Waals surface area contributed by atoms with E-state index < -0.39 is 6.10 Å². The lowest BCUT2D eigenvalue weighted by atomic mass is 9.98. The Kier molecular flexibility index (Phi) is 7.07. The van der Waals surface area contributed by atoms with Crippen LogP contribution in [0.3, 0.4) is 0 Å². The van der Waals surface area contributed by atoms with E-state index in [2.05, 4.69) is 25.7 Å². The first-order chi connectivity index (χ1) is 13.7. The van der Waals surface area contributed by atoms with Crippen LogP contribution in [0.2, 0.25) is 5.02 Å². The Bertz CT molecular complexity index is 743. The van der Waals surface area contributed by atoms with Gasteiger partial charge in [0, 0.05) is 39.9 Å². The third kappa shape index (κ3) is 5.83. The van der Waals surface area contributed by atoms with Crippen molar-refractivity contribution in [3.8, 4) is 0 Å². The molecule has 3 atom stereocenters. The molecule has 0 radical (unpaired) electrons. The van der Waals surface area contributed by atoms with E-state index in [1.807, 2.05) is 36.0 Å². The van der Waals surface area contributed by atoms with Gasteiger partial charge in [0.05, 0.1) is 12.6 Å². The lowest BCUT2D eigenvalue weighted by Crippen LogP contribution is -2.55. The van der Waals surface area contributed by atoms with Gasteiger partial charge in [0.25, 0.3) is 5.91 Å². The summed E-state index contributed by atoms with van der Waals surface area (Å²) in [5.41, 5.74) is 13.0. The molecular weight excluding hydrogens is 406 g/mol. The molecule has 1 aliphatic heterocycles. The van der Waals surface area contributed by atoms with Gasteiger partial charge in [-0.15, -0.1) is 0 Å². The molecule has 3 rings (SSSR count). The summed E-state index contributed by atoms with van der Waals surface area (Å²) in [6.07, 6.45) is 3.42. The number of nitrogens with zero attached hydrogens (tertiary/aromatic N) is 1. The molecule has 5 nitrogen and oxygen atoms in total. The van der Waals surface area contributed by atoms with Crippen LogP contribution in [0.5, 0.6) is 0 Å². The molecule has 7 heteroatoms. The monoisotopic (exact) mass is 437 g/mol. The zero-order chi connectivity index (χ0) is 21.2. The van der Waals surface area contributed by atoms with Gasteiger partial charge in [0.2, 0.25) is 0 Å². The van der Waals surface area contributed by atoms with E-state index in [1.165, 1.54) is 19.0 Å². The zero-order valence-electron chi connectivity index (χ0n) is 17.4. The number of halogens is 1. The fourth-order valence-electron chi connectivity index (χ4n) is 3.70. The molecule has 1 saturated heterocycles. The maximum absolute atomic E-state index is 13.6. The molecule has 3 unspecified atom stereocenters. The Hall–Kier alpha value is -1.37. The minimum atomic E-state index is -0.584. The second-order valence-corrected chi connectivity index (χ2v) is 11.2. The topological polar surface area (TPSA) is 81.6 Å². The molecular formula is C22H32ClN3O2S. The lowest BCUT2D eigenvalue weighted by Gasteiger charge is -2.45. The van der Waals surface area contributed by atoms with Crippen molar-refractivity contribution in [2.45, 2.75) is 63.0 Å². The van der Waals surface area contributed by atoms with E-state index >= 15 is 0 Å². The van der Waals surface area contributed by atoms with Crippen molar-refractivity contribution < 1.29 is 9.53 Å². The number of hydrogen-bond acceptors (Lipinski definition) is 5. The van der Waals surface area contributed by atoms with Crippen molar-refractivity contribution in [2.24, 2.45) is 17.4 Å². The Balaban J connectivity index is 1.90. The van der Waals surface area contributed by atoms with E-state index in [0.717, 1.165) is 11.3 Å². The second kappa shape index (κ2) is 9.19. The fraction of sp³-hybridized carbons (Fsp3) is 0.591. The summed E-state index contributed by atoms with van der Waals surface area (Å²) in [4.78, 5) is 15.6. The van der Waals surface area contributed by atoms with E-state index in [9.17, 15) is 4.79 Å². The molecule has 0 spiro atoms. The molecule has 1 aromatic carbocycles. The first-order valence-electron chi connectivity index (χ1n) is 10.2. The van der Waals surface area contributed by atoms with Crippen molar-refractivity contribution in [1.29, 1.82) is 0 Å². The summed E-state index contributed by atoms with van der Waals surface area (Å²) >= 11 is 8.00. The van der Waals surface area contributed by atoms with Crippen LogP contribution in [0, 0.1) is 5.92 Å². The first-order valence-corrected chi connectivity index (χ1v) is 11.6. The number of hydrogen-bond donors (Lipinski definition) is 2. The Labute approximate surface area is 183 Å². The van der Waals surface area contributed by atoms with Crippen molar-refractivity contribution in [2.75, 3.05) is 12.4 Å². The van der Waals surface area contributed by atoms with Crippen LogP contribution in [-0.4, -0.2) is 40.1 Å². The SMILES string of the molecule is CC(C)(C)SCC(C1CC1)N1C(=O)C(C/C(N)=C/N)OCC1c1ccc(Cl)cc1. The molecule has 1 aliphatic carbocycles. The molecule has 1 aromatic rings. The van der Waals surface area contributed by atoms with Crippen LogP contribution in [0.15, 0.2) is 36.2 Å². The molecule has 0 bridgehead atoms. The van der Waals surface area contributed by atoms with Crippen LogP contribution in [0.1, 0.15) is 51.6 Å². The number of rotatable bonds is 7. The lowest BCUT2D eigenvalue weighted by molar-refractivity contribution is -0.164. The fourth-order valence-corrected chi connectivity index (χ4v) is 4.93. The summed E-state index contributed by atoms with van der Waals surface area (Å²) in [5, 5.41) is 0.684. The normalized spacial score (nSPS) is 24.6. The van der Waals surface area contributed by atoms with Crippen molar-refractivity contribution in [1.82, 2.24) is 4.90 Å². The number of benzene rings is 1. The highest BCUT2D eigenvalue weighted by Gasteiger charge is 2.46. The molecule has 2 fully saturated rings. The Morgan fingerprint density at radius 3 is 2.55 bits per heavy atom. The third-order valence-corrected chi connectivity index (χ3v) is 7.05. The van der Waals surface area contributed by atoms with Crippen LogP contribution in [0.4, 0.5) is 0 Å². The van der Waals surface area contributed by atoms with Gasteiger partial charge in [0.1, 0.15) is 6.10 Å². The number of amides is 1. The minimum absolute atomic E-state index is 0.00686. The average Bonchev–Trinajstić information content (AvgIpc) is 3.49. The van der Waals surface area contributed by atoms with E-state index in [4.69, 9.17) is 27.8 Å². The number of ether oxygens (including phenoxy) is 1. The van der Waals surface area contributed by atoms with E-state index in [0.29, 0.717) is 29.7 Å². The molecule has 2 aliphatic rings. The largest absolute Gasteiger partial charge is 0.403 e. The summed E-state index contributed by atoms with van der Waals surface area (Å²) in [7, 11) is 0. The third-order valence-electron chi connectivity index (χ3n) is 5.42. The maximum atomic E-state index is 13.6. The number of thioether (sulfide) groups is 1.